The number of hydrogen-bond acceptors (Lipinski definition) is 4. The van der Waals surface area contributed by atoms with Crippen molar-refractivity contribution in [3.05, 3.63) is 22.8 Å². The monoisotopic (exact) mass is 399 g/mol. The van der Waals surface area contributed by atoms with Crippen LogP contribution in [0.1, 0.15) is 26.2 Å². The number of aromatic nitrogens is 1. The third-order valence-corrected chi connectivity index (χ3v) is 5.16. The minimum absolute atomic E-state index is 0.0553. The zero-order chi connectivity index (χ0) is 16.7. The molecule has 7 heteroatoms. The van der Waals surface area contributed by atoms with Crippen LogP contribution in [-0.2, 0) is 9.59 Å². The molecule has 0 aliphatic carbocycles. The number of carbonyl (C=O) groups excluding carboxylic acids is 2. The van der Waals surface area contributed by atoms with E-state index in [2.05, 4.69) is 33.2 Å². The highest BCUT2D eigenvalue weighted by Crippen LogP contribution is 2.20. The highest BCUT2D eigenvalue weighted by molar-refractivity contribution is 9.10. The Morgan fingerprint density at radius 2 is 2.30 bits per heavy atom. The molecule has 0 spiro atoms. The maximum absolute atomic E-state index is 12.4. The molecule has 1 aromatic heterocycles. The van der Waals surface area contributed by atoms with Crippen molar-refractivity contribution in [2.45, 2.75) is 26.2 Å². The molecule has 2 rings (SSSR count). The highest BCUT2D eigenvalue weighted by atomic mass is 79.9. The number of likely N-dealkylation sites (tertiary alicyclic amines) is 1. The van der Waals surface area contributed by atoms with Gasteiger partial charge in [0.1, 0.15) is 5.82 Å². The van der Waals surface area contributed by atoms with Gasteiger partial charge in [0.05, 0.1) is 5.92 Å². The van der Waals surface area contributed by atoms with E-state index in [0.717, 1.165) is 35.4 Å². The smallest absolute Gasteiger partial charge is 0.230 e. The van der Waals surface area contributed by atoms with Crippen LogP contribution in [0.2, 0.25) is 0 Å². The molecule has 2 amide bonds. The number of amides is 2. The maximum atomic E-state index is 12.4. The molecule has 1 saturated heterocycles. The number of halogens is 1. The van der Waals surface area contributed by atoms with Crippen LogP contribution in [-0.4, -0.2) is 46.3 Å². The summed E-state index contributed by atoms with van der Waals surface area (Å²) in [4.78, 5) is 30.6. The Hall–Kier alpha value is -1.08. The first-order valence-electron chi connectivity index (χ1n) is 7.88. The Balaban J connectivity index is 1.85. The average molecular weight is 400 g/mol. The summed E-state index contributed by atoms with van der Waals surface area (Å²) in [6.45, 7) is 3.36. The molecule has 5 nitrogen and oxygen atoms in total. The second-order valence-electron chi connectivity index (χ2n) is 5.48. The van der Waals surface area contributed by atoms with Gasteiger partial charge in [0.25, 0.3) is 0 Å². The number of piperidine rings is 1. The summed E-state index contributed by atoms with van der Waals surface area (Å²) in [6.07, 6.45) is 3.90. The lowest BCUT2D eigenvalue weighted by Gasteiger charge is -2.32. The van der Waals surface area contributed by atoms with Crippen LogP contribution in [0.15, 0.2) is 22.8 Å². The molecule has 1 atom stereocenters. The Labute approximate surface area is 149 Å². The molecule has 1 unspecified atom stereocenters. The Morgan fingerprint density at radius 1 is 1.48 bits per heavy atom. The standard InChI is InChI=1S/C16H22BrN3O2S/c1-2-23-9-7-15(21)20-8-3-4-12(11-20)16(22)19-14-6-5-13(17)10-18-14/h5-6,10,12H,2-4,7-9,11H2,1H3,(H,18,19,22). The molecule has 1 aromatic rings. The van der Waals surface area contributed by atoms with Gasteiger partial charge < -0.3 is 10.2 Å². The number of carbonyl (C=O) groups is 2. The number of nitrogens with zero attached hydrogens (tertiary/aromatic N) is 2. The fourth-order valence-electron chi connectivity index (χ4n) is 2.56. The van der Waals surface area contributed by atoms with Crippen LogP contribution >= 0.6 is 27.7 Å². The van der Waals surface area contributed by atoms with Crippen molar-refractivity contribution in [1.82, 2.24) is 9.88 Å². The summed E-state index contributed by atoms with van der Waals surface area (Å²) in [5.41, 5.74) is 0. The van der Waals surface area contributed by atoms with E-state index in [1.807, 2.05) is 11.0 Å². The molecular weight excluding hydrogens is 378 g/mol. The summed E-state index contributed by atoms with van der Waals surface area (Å²) >= 11 is 5.09. The van der Waals surface area contributed by atoms with Crippen LogP contribution in [0, 0.1) is 5.92 Å². The molecule has 1 N–H and O–H groups in total. The zero-order valence-corrected chi connectivity index (χ0v) is 15.7. The largest absolute Gasteiger partial charge is 0.342 e. The van der Waals surface area contributed by atoms with Crippen molar-refractivity contribution >= 4 is 45.3 Å². The maximum Gasteiger partial charge on any atom is 0.230 e. The predicted molar refractivity (Wildman–Crippen MR) is 97.5 cm³/mol. The van der Waals surface area contributed by atoms with Crippen LogP contribution in [0.25, 0.3) is 0 Å². The summed E-state index contributed by atoms with van der Waals surface area (Å²) in [6, 6.07) is 3.60. The lowest BCUT2D eigenvalue weighted by Crippen LogP contribution is -2.43. The first kappa shape index (κ1) is 18.3. The van der Waals surface area contributed by atoms with E-state index in [4.69, 9.17) is 0 Å². The normalized spacial score (nSPS) is 17.8. The van der Waals surface area contributed by atoms with Gasteiger partial charge in [-0.15, -0.1) is 0 Å². The summed E-state index contributed by atoms with van der Waals surface area (Å²) in [5.74, 6) is 2.37. The first-order chi connectivity index (χ1) is 11.1. The van der Waals surface area contributed by atoms with Crippen LogP contribution in [0.5, 0.6) is 0 Å². The molecule has 0 aromatic carbocycles. The van der Waals surface area contributed by atoms with Crippen molar-refractivity contribution in [3.8, 4) is 0 Å². The second kappa shape index (κ2) is 9.27. The van der Waals surface area contributed by atoms with Gasteiger partial charge in [-0.3, -0.25) is 9.59 Å². The first-order valence-corrected chi connectivity index (χ1v) is 9.83. The lowest BCUT2D eigenvalue weighted by atomic mass is 9.97. The molecule has 23 heavy (non-hydrogen) atoms. The minimum atomic E-state index is -0.156. The van der Waals surface area contributed by atoms with E-state index in [-0.39, 0.29) is 17.7 Å². The van der Waals surface area contributed by atoms with Crippen molar-refractivity contribution in [1.29, 1.82) is 0 Å². The number of thioether (sulfide) groups is 1. The zero-order valence-electron chi connectivity index (χ0n) is 13.3. The average Bonchev–Trinajstić information content (AvgIpc) is 2.57. The van der Waals surface area contributed by atoms with E-state index >= 15 is 0 Å². The molecular formula is C16H22BrN3O2S. The topological polar surface area (TPSA) is 62.3 Å². The fraction of sp³-hybridized carbons (Fsp3) is 0.562. The Kier molecular flexibility index (Phi) is 7.36. The van der Waals surface area contributed by atoms with Gasteiger partial charge in [0, 0.05) is 35.9 Å². The summed E-state index contributed by atoms with van der Waals surface area (Å²) in [7, 11) is 0. The third-order valence-electron chi connectivity index (χ3n) is 3.79. The van der Waals surface area contributed by atoms with Crippen molar-refractivity contribution in [2.24, 2.45) is 5.92 Å². The van der Waals surface area contributed by atoms with Crippen LogP contribution < -0.4 is 5.32 Å². The Bertz CT molecular complexity index is 539. The Morgan fingerprint density at radius 3 is 3.00 bits per heavy atom. The molecule has 2 heterocycles. The molecule has 0 radical (unpaired) electrons. The quantitative estimate of drug-likeness (QED) is 0.746. The second-order valence-corrected chi connectivity index (χ2v) is 7.79. The van der Waals surface area contributed by atoms with Gasteiger partial charge in [-0.05, 0) is 46.7 Å². The number of hydrogen-bond donors (Lipinski definition) is 1. The molecule has 0 saturated carbocycles. The van der Waals surface area contributed by atoms with E-state index in [0.29, 0.717) is 18.8 Å². The van der Waals surface area contributed by atoms with Crippen LogP contribution in [0.4, 0.5) is 5.82 Å². The van der Waals surface area contributed by atoms with Gasteiger partial charge in [0.2, 0.25) is 11.8 Å². The molecule has 1 aliphatic heterocycles. The minimum Gasteiger partial charge on any atom is -0.342 e. The number of pyridine rings is 1. The molecule has 1 fully saturated rings. The predicted octanol–water partition coefficient (Wildman–Crippen LogP) is 3.16. The number of anilines is 1. The van der Waals surface area contributed by atoms with Crippen molar-refractivity contribution < 1.29 is 9.59 Å². The number of rotatable bonds is 6. The molecule has 0 bridgehead atoms. The van der Waals surface area contributed by atoms with E-state index in [1.54, 1.807) is 24.0 Å². The van der Waals surface area contributed by atoms with E-state index in [9.17, 15) is 9.59 Å². The van der Waals surface area contributed by atoms with E-state index in [1.165, 1.54) is 0 Å². The highest BCUT2D eigenvalue weighted by Gasteiger charge is 2.28. The summed E-state index contributed by atoms with van der Waals surface area (Å²) in [5, 5.41) is 2.84. The van der Waals surface area contributed by atoms with Gasteiger partial charge >= 0.3 is 0 Å². The lowest BCUT2D eigenvalue weighted by molar-refractivity contribution is -0.134. The van der Waals surface area contributed by atoms with Gasteiger partial charge in [-0.1, -0.05) is 6.92 Å². The van der Waals surface area contributed by atoms with Gasteiger partial charge in [-0.25, -0.2) is 4.98 Å². The van der Waals surface area contributed by atoms with Gasteiger partial charge in [0.15, 0.2) is 0 Å². The SMILES string of the molecule is CCSCCC(=O)N1CCCC(C(=O)Nc2ccc(Br)cn2)C1. The number of nitrogens with one attached hydrogen (secondary N) is 1. The van der Waals surface area contributed by atoms with E-state index < -0.39 is 0 Å². The van der Waals surface area contributed by atoms with Crippen molar-refractivity contribution in [3.63, 3.8) is 0 Å². The fourth-order valence-corrected chi connectivity index (χ4v) is 3.40. The van der Waals surface area contributed by atoms with Crippen molar-refractivity contribution in [2.75, 3.05) is 29.9 Å². The van der Waals surface area contributed by atoms with Crippen LogP contribution in [0.3, 0.4) is 0 Å². The molecule has 1 aliphatic rings. The molecule has 126 valence electrons. The van der Waals surface area contributed by atoms with Gasteiger partial charge in [-0.2, -0.15) is 11.8 Å². The third kappa shape index (κ3) is 5.80. The summed E-state index contributed by atoms with van der Waals surface area (Å²) < 4.78 is 0.870.